The molecule has 0 aromatic rings. The van der Waals surface area contributed by atoms with E-state index in [2.05, 4.69) is 6.92 Å². The van der Waals surface area contributed by atoms with Crippen molar-refractivity contribution < 1.29 is 24.9 Å². The summed E-state index contributed by atoms with van der Waals surface area (Å²) in [5.74, 6) is -1.15. The fourth-order valence-electron chi connectivity index (χ4n) is 3.40. The first kappa shape index (κ1) is 22.6. The highest BCUT2D eigenvalue weighted by atomic mass is 16.4. The highest BCUT2D eigenvalue weighted by Gasteiger charge is 2.38. The van der Waals surface area contributed by atoms with Gasteiger partial charge in [0.2, 0.25) is 0 Å². The van der Waals surface area contributed by atoms with Gasteiger partial charge in [0.15, 0.2) is 0 Å². The topological polar surface area (TPSA) is 94.8 Å². The molecule has 1 aliphatic rings. The molecule has 0 saturated heterocycles. The molecular weight excluding hydrogens is 332 g/mol. The van der Waals surface area contributed by atoms with Crippen molar-refractivity contribution in [1.82, 2.24) is 0 Å². The molecule has 1 saturated carbocycles. The van der Waals surface area contributed by atoms with E-state index in [9.17, 15) is 19.8 Å². The highest BCUT2D eigenvalue weighted by Crippen LogP contribution is 2.33. The number of allylic oxidation sites excluding steroid dienone is 2. The number of rotatable bonds is 13. The second kappa shape index (κ2) is 12.8. The highest BCUT2D eigenvalue weighted by molar-refractivity contribution is 5.84. The lowest BCUT2D eigenvalue weighted by Gasteiger charge is -2.16. The molecule has 0 amide bonds. The number of aliphatic hydroxyl groups excluding tert-OH is 2. The second-order valence-corrected chi connectivity index (χ2v) is 7.23. The van der Waals surface area contributed by atoms with Crippen LogP contribution in [0.25, 0.3) is 0 Å². The lowest BCUT2D eigenvalue weighted by molar-refractivity contribution is -0.137. The van der Waals surface area contributed by atoms with Gasteiger partial charge in [-0.15, -0.1) is 0 Å². The Morgan fingerprint density at radius 1 is 1.23 bits per heavy atom. The predicted octanol–water partition coefficient (Wildman–Crippen LogP) is 3.64. The molecule has 3 N–H and O–H groups in total. The van der Waals surface area contributed by atoms with E-state index in [1.807, 2.05) is 24.3 Å². The summed E-state index contributed by atoms with van der Waals surface area (Å²) < 4.78 is 0. The number of aliphatic carboxylic acids is 1. The van der Waals surface area contributed by atoms with Gasteiger partial charge in [0.05, 0.1) is 12.2 Å². The summed E-state index contributed by atoms with van der Waals surface area (Å²) in [5.41, 5.74) is 0. The van der Waals surface area contributed by atoms with Crippen LogP contribution in [-0.2, 0) is 9.59 Å². The minimum Gasteiger partial charge on any atom is -0.481 e. The van der Waals surface area contributed by atoms with Crippen LogP contribution >= 0.6 is 0 Å². The molecule has 1 fully saturated rings. The summed E-state index contributed by atoms with van der Waals surface area (Å²) in [6, 6.07) is 0. The molecule has 4 atom stereocenters. The Kier molecular flexibility index (Phi) is 11.1. The summed E-state index contributed by atoms with van der Waals surface area (Å²) >= 11 is 0. The van der Waals surface area contributed by atoms with Crippen LogP contribution in [0, 0.1) is 11.8 Å². The predicted molar refractivity (Wildman–Crippen MR) is 102 cm³/mol. The van der Waals surface area contributed by atoms with E-state index < -0.39 is 12.1 Å². The normalized spacial score (nSPS) is 24.7. The summed E-state index contributed by atoms with van der Waals surface area (Å²) in [5, 5.41) is 28.7. The van der Waals surface area contributed by atoms with Gasteiger partial charge in [-0.05, 0) is 32.1 Å². The quantitative estimate of drug-likeness (QED) is 0.342. The number of carboxylic acids is 1. The Bertz CT molecular complexity index is 483. The van der Waals surface area contributed by atoms with Crippen molar-refractivity contribution in [2.75, 3.05) is 0 Å². The molecule has 0 spiro atoms. The Labute approximate surface area is 156 Å². The van der Waals surface area contributed by atoms with E-state index in [1.54, 1.807) is 0 Å². The van der Waals surface area contributed by atoms with E-state index in [0.717, 1.165) is 25.7 Å². The molecule has 0 aromatic carbocycles. The summed E-state index contributed by atoms with van der Waals surface area (Å²) in [6.45, 7) is 2.13. The summed E-state index contributed by atoms with van der Waals surface area (Å²) in [4.78, 5) is 22.6. The molecule has 26 heavy (non-hydrogen) atoms. The molecule has 0 aliphatic heterocycles. The van der Waals surface area contributed by atoms with Crippen molar-refractivity contribution in [3.63, 3.8) is 0 Å². The molecule has 0 heterocycles. The number of Topliss-reactive ketones (excluding diaryl/α,β-unsaturated/α-hetero) is 1. The van der Waals surface area contributed by atoms with Crippen LogP contribution in [0.4, 0.5) is 0 Å². The molecule has 5 nitrogen and oxygen atoms in total. The van der Waals surface area contributed by atoms with E-state index in [0.29, 0.717) is 25.7 Å². The van der Waals surface area contributed by atoms with Crippen molar-refractivity contribution >= 4 is 11.8 Å². The van der Waals surface area contributed by atoms with Gasteiger partial charge < -0.3 is 15.3 Å². The van der Waals surface area contributed by atoms with Crippen molar-refractivity contribution in [3.05, 3.63) is 24.3 Å². The van der Waals surface area contributed by atoms with Crippen LogP contribution in [0.3, 0.4) is 0 Å². The smallest absolute Gasteiger partial charge is 0.303 e. The SMILES string of the molecule is CCCCCC(O)C/C=C/[C@H]1[C@H](O)CC(=O)[C@@H]1C/C=C\CCCC(=O)O. The lowest BCUT2D eigenvalue weighted by atomic mass is 9.90. The van der Waals surface area contributed by atoms with E-state index in [1.165, 1.54) is 0 Å². The first-order chi connectivity index (χ1) is 12.5. The molecule has 148 valence electrons. The number of hydrogen-bond donors (Lipinski definition) is 3. The van der Waals surface area contributed by atoms with E-state index in [4.69, 9.17) is 5.11 Å². The van der Waals surface area contributed by atoms with Gasteiger partial charge in [0.1, 0.15) is 5.78 Å². The maximum Gasteiger partial charge on any atom is 0.303 e. The molecule has 1 aliphatic carbocycles. The number of aliphatic hydroxyl groups is 2. The fraction of sp³-hybridized carbons (Fsp3) is 0.714. The standard InChI is InChI=1S/C21H34O5/c1-2-3-6-10-16(22)11-9-13-18-17(19(23)15-20(18)24)12-7-4-5-8-14-21(25)26/h4,7,9,13,16-18,20,22,24H,2-3,5-6,8,10-12,14-15H2,1H3,(H,25,26)/b7-4-,13-9+/t16?,17-,18-,20-/m1/s1. The molecule has 1 unspecified atom stereocenters. The Morgan fingerprint density at radius 3 is 2.69 bits per heavy atom. The minimum absolute atomic E-state index is 0.0748. The van der Waals surface area contributed by atoms with Crippen molar-refractivity contribution in [1.29, 1.82) is 0 Å². The van der Waals surface area contributed by atoms with Crippen LogP contribution in [0.15, 0.2) is 24.3 Å². The summed E-state index contributed by atoms with van der Waals surface area (Å²) in [6.07, 6.45) is 13.4. The van der Waals surface area contributed by atoms with Gasteiger partial charge in [0.25, 0.3) is 0 Å². The third-order valence-corrected chi connectivity index (χ3v) is 4.96. The van der Waals surface area contributed by atoms with Gasteiger partial charge in [-0.2, -0.15) is 0 Å². The number of hydrogen-bond acceptors (Lipinski definition) is 4. The van der Waals surface area contributed by atoms with E-state index >= 15 is 0 Å². The molecule has 0 bridgehead atoms. The Balaban J connectivity index is 2.43. The van der Waals surface area contributed by atoms with Crippen LogP contribution in [-0.4, -0.2) is 39.3 Å². The lowest BCUT2D eigenvalue weighted by Crippen LogP contribution is -2.18. The monoisotopic (exact) mass is 366 g/mol. The van der Waals surface area contributed by atoms with Crippen molar-refractivity contribution in [2.24, 2.45) is 11.8 Å². The van der Waals surface area contributed by atoms with Gasteiger partial charge in [-0.1, -0.05) is 50.5 Å². The van der Waals surface area contributed by atoms with Gasteiger partial charge in [-0.3, -0.25) is 9.59 Å². The number of carbonyl (C=O) groups is 2. The number of carbonyl (C=O) groups excluding carboxylic acids is 1. The molecular formula is C21H34O5. The summed E-state index contributed by atoms with van der Waals surface area (Å²) in [7, 11) is 0. The first-order valence-corrected chi connectivity index (χ1v) is 9.88. The Morgan fingerprint density at radius 2 is 2.00 bits per heavy atom. The zero-order valence-electron chi connectivity index (χ0n) is 15.8. The van der Waals surface area contributed by atoms with Crippen molar-refractivity contribution in [2.45, 2.75) is 83.3 Å². The second-order valence-electron chi connectivity index (χ2n) is 7.23. The Hall–Kier alpha value is -1.46. The van der Waals surface area contributed by atoms with Crippen LogP contribution in [0.2, 0.25) is 0 Å². The van der Waals surface area contributed by atoms with Crippen LogP contribution < -0.4 is 0 Å². The third kappa shape index (κ3) is 8.77. The zero-order chi connectivity index (χ0) is 19.4. The van der Waals surface area contributed by atoms with Gasteiger partial charge >= 0.3 is 5.97 Å². The third-order valence-electron chi connectivity index (χ3n) is 4.96. The average molecular weight is 366 g/mol. The molecule has 0 radical (unpaired) electrons. The average Bonchev–Trinajstić information content (AvgIpc) is 2.84. The van der Waals surface area contributed by atoms with Crippen LogP contribution in [0.1, 0.15) is 71.1 Å². The van der Waals surface area contributed by atoms with Crippen LogP contribution in [0.5, 0.6) is 0 Å². The molecule has 1 rings (SSSR count). The largest absolute Gasteiger partial charge is 0.481 e. The zero-order valence-corrected chi connectivity index (χ0v) is 15.8. The van der Waals surface area contributed by atoms with Crippen molar-refractivity contribution in [3.8, 4) is 0 Å². The number of carboxylic acid groups (broad SMARTS) is 1. The van der Waals surface area contributed by atoms with Gasteiger partial charge in [-0.25, -0.2) is 0 Å². The molecule has 0 aromatic heterocycles. The number of ketones is 1. The fourth-order valence-corrected chi connectivity index (χ4v) is 3.40. The number of unbranched alkanes of at least 4 members (excludes halogenated alkanes) is 3. The maximum atomic E-state index is 12.1. The maximum absolute atomic E-state index is 12.1. The minimum atomic E-state index is -0.797. The van der Waals surface area contributed by atoms with E-state index in [-0.39, 0.29) is 36.6 Å². The first-order valence-electron chi connectivity index (χ1n) is 9.88. The molecule has 5 heteroatoms. The van der Waals surface area contributed by atoms with Gasteiger partial charge in [0, 0.05) is 24.7 Å².